The summed E-state index contributed by atoms with van der Waals surface area (Å²) in [7, 11) is 1.88. The fourth-order valence-corrected chi connectivity index (χ4v) is 2.62. The van der Waals surface area contributed by atoms with Crippen molar-refractivity contribution in [2.24, 2.45) is 5.41 Å². The first-order valence-electron chi connectivity index (χ1n) is 6.61. The van der Waals surface area contributed by atoms with E-state index in [0.717, 1.165) is 31.0 Å². The van der Waals surface area contributed by atoms with Gasteiger partial charge in [0.25, 0.3) is 0 Å². The summed E-state index contributed by atoms with van der Waals surface area (Å²) in [5.41, 5.74) is 0.183. The molecular weight excluding hydrogens is 251 g/mol. The summed E-state index contributed by atoms with van der Waals surface area (Å²) in [6.45, 7) is 5.02. The van der Waals surface area contributed by atoms with Gasteiger partial charge >= 0.3 is 6.18 Å². The lowest BCUT2D eigenvalue weighted by Gasteiger charge is -2.29. The highest BCUT2D eigenvalue weighted by atomic mass is 19.4. The van der Waals surface area contributed by atoms with Gasteiger partial charge in [-0.1, -0.05) is 38.5 Å². The van der Waals surface area contributed by atoms with Gasteiger partial charge in [0.1, 0.15) is 0 Å². The molecule has 1 N–H and O–H groups in total. The van der Waals surface area contributed by atoms with Gasteiger partial charge < -0.3 is 5.32 Å². The monoisotopic (exact) mass is 273 g/mol. The third kappa shape index (κ3) is 4.86. The van der Waals surface area contributed by atoms with Gasteiger partial charge in [0.2, 0.25) is 0 Å². The molecular formula is C15H22F3N. The van der Waals surface area contributed by atoms with E-state index in [9.17, 15) is 13.2 Å². The quantitative estimate of drug-likeness (QED) is 0.816. The molecule has 1 unspecified atom stereocenters. The first-order valence-corrected chi connectivity index (χ1v) is 6.61. The molecule has 0 aliphatic rings. The van der Waals surface area contributed by atoms with Gasteiger partial charge in [-0.25, -0.2) is 0 Å². The van der Waals surface area contributed by atoms with Gasteiger partial charge in [-0.2, -0.15) is 13.2 Å². The Bertz CT molecular complexity index is 393. The first-order chi connectivity index (χ1) is 8.80. The summed E-state index contributed by atoms with van der Waals surface area (Å²) < 4.78 is 38.1. The molecule has 19 heavy (non-hydrogen) atoms. The van der Waals surface area contributed by atoms with E-state index in [1.54, 1.807) is 6.07 Å². The highest BCUT2D eigenvalue weighted by Crippen LogP contribution is 2.32. The molecule has 1 rings (SSSR count). The number of nitrogens with one attached hydrogen (secondary N) is 1. The Morgan fingerprint density at radius 2 is 1.89 bits per heavy atom. The van der Waals surface area contributed by atoms with Gasteiger partial charge in [-0.05, 0) is 36.9 Å². The van der Waals surface area contributed by atoms with Crippen LogP contribution in [0.25, 0.3) is 0 Å². The van der Waals surface area contributed by atoms with Crippen molar-refractivity contribution in [1.29, 1.82) is 0 Å². The van der Waals surface area contributed by atoms with E-state index in [1.807, 2.05) is 7.05 Å². The lowest BCUT2D eigenvalue weighted by molar-refractivity contribution is -0.137. The summed E-state index contributed by atoms with van der Waals surface area (Å²) in [6, 6.07) is 5.66. The van der Waals surface area contributed by atoms with Crippen LogP contribution in [0.4, 0.5) is 13.2 Å². The molecule has 0 heterocycles. The second kappa shape index (κ2) is 6.42. The van der Waals surface area contributed by atoms with Crippen LogP contribution >= 0.6 is 0 Å². The third-order valence-corrected chi connectivity index (χ3v) is 3.34. The predicted molar refractivity (Wildman–Crippen MR) is 72.1 cm³/mol. The Labute approximate surface area is 113 Å². The van der Waals surface area contributed by atoms with E-state index in [2.05, 4.69) is 19.2 Å². The van der Waals surface area contributed by atoms with E-state index in [1.165, 1.54) is 12.1 Å². The smallest absolute Gasteiger partial charge is 0.319 e. The SMILES string of the molecule is CCCC(C)(CNC)Cc1cccc(C(F)(F)F)c1. The fourth-order valence-electron chi connectivity index (χ4n) is 2.62. The average molecular weight is 273 g/mol. The zero-order valence-electron chi connectivity index (χ0n) is 11.8. The van der Waals surface area contributed by atoms with E-state index in [4.69, 9.17) is 0 Å². The van der Waals surface area contributed by atoms with Crippen LogP contribution in [0.2, 0.25) is 0 Å². The van der Waals surface area contributed by atoms with Crippen LogP contribution in [0.5, 0.6) is 0 Å². The van der Waals surface area contributed by atoms with Crippen molar-refractivity contribution in [1.82, 2.24) is 5.32 Å². The standard InChI is InChI=1S/C15H22F3N/c1-4-8-14(2,11-19-3)10-12-6-5-7-13(9-12)15(16,17)18/h5-7,9,19H,4,8,10-11H2,1-3H3. The van der Waals surface area contributed by atoms with Crippen molar-refractivity contribution in [2.75, 3.05) is 13.6 Å². The Morgan fingerprint density at radius 3 is 2.42 bits per heavy atom. The van der Waals surface area contributed by atoms with Crippen LogP contribution in [0.1, 0.15) is 37.8 Å². The lowest BCUT2D eigenvalue weighted by atomic mass is 9.79. The molecule has 0 aliphatic carbocycles. The van der Waals surface area contributed by atoms with E-state index in [0.29, 0.717) is 6.42 Å². The molecule has 0 saturated heterocycles. The maximum absolute atomic E-state index is 12.7. The second-order valence-corrected chi connectivity index (χ2v) is 5.47. The van der Waals surface area contributed by atoms with Crippen molar-refractivity contribution < 1.29 is 13.2 Å². The van der Waals surface area contributed by atoms with Crippen molar-refractivity contribution in [3.05, 3.63) is 35.4 Å². The number of alkyl halides is 3. The fraction of sp³-hybridized carbons (Fsp3) is 0.600. The molecule has 0 spiro atoms. The van der Waals surface area contributed by atoms with Gasteiger partial charge in [-0.3, -0.25) is 0 Å². The Morgan fingerprint density at radius 1 is 1.21 bits per heavy atom. The molecule has 1 atom stereocenters. The molecule has 1 aromatic rings. The number of hydrogen-bond donors (Lipinski definition) is 1. The molecule has 4 heteroatoms. The molecule has 0 bridgehead atoms. The van der Waals surface area contributed by atoms with E-state index < -0.39 is 11.7 Å². The maximum atomic E-state index is 12.7. The van der Waals surface area contributed by atoms with E-state index in [-0.39, 0.29) is 5.41 Å². The van der Waals surface area contributed by atoms with Crippen molar-refractivity contribution in [2.45, 2.75) is 39.3 Å². The van der Waals surface area contributed by atoms with Gasteiger partial charge in [0, 0.05) is 6.54 Å². The highest BCUT2D eigenvalue weighted by Gasteiger charge is 2.31. The van der Waals surface area contributed by atoms with Crippen molar-refractivity contribution in [3.63, 3.8) is 0 Å². The Hall–Kier alpha value is -1.03. The van der Waals surface area contributed by atoms with Crippen LogP contribution < -0.4 is 5.32 Å². The minimum absolute atomic E-state index is 0.00623. The Balaban J connectivity index is 2.91. The van der Waals surface area contributed by atoms with E-state index >= 15 is 0 Å². The molecule has 0 radical (unpaired) electrons. The van der Waals surface area contributed by atoms with Gasteiger partial charge in [0.15, 0.2) is 0 Å². The summed E-state index contributed by atoms with van der Waals surface area (Å²) in [6.07, 6.45) is -1.59. The zero-order chi connectivity index (χ0) is 14.5. The molecule has 0 aromatic heterocycles. The summed E-state index contributed by atoms with van der Waals surface area (Å²) >= 11 is 0. The lowest BCUT2D eigenvalue weighted by Crippen LogP contribution is -2.31. The van der Waals surface area contributed by atoms with Crippen LogP contribution in [0, 0.1) is 5.41 Å². The minimum Gasteiger partial charge on any atom is -0.319 e. The molecule has 0 fully saturated rings. The Kier molecular flexibility index (Phi) is 5.41. The third-order valence-electron chi connectivity index (χ3n) is 3.34. The topological polar surface area (TPSA) is 12.0 Å². The first kappa shape index (κ1) is 16.0. The predicted octanol–water partition coefficient (Wildman–Crippen LogP) is 4.27. The number of benzene rings is 1. The van der Waals surface area contributed by atoms with Crippen LogP contribution in [0.3, 0.4) is 0 Å². The van der Waals surface area contributed by atoms with Gasteiger partial charge in [0.05, 0.1) is 5.56 Å². The number of halogens is 3. The molecule has 0 aliphatic heterocycles. The normalized spacial score (nSPS) is 15.3. The summed E-state index contributed by atoms with van der Waals surface area (Å²) in [4.78, 5) is 0. The zero-order valence-corrected chi connectivity index (χ0v) is 11.8. The molecule has 0 saturated carbocycles. The van der Waals surface area contributed by atoms with Crippen molar-refractivity contribution >= 4 is 0 Å². The van der Waals surface area contributed by atoms with Crippen LogP contribution in [0.15, 0.2) is 24.3 Å². The molecule has 1 aromatic carbocycles. The van der Waals surface area contributed by atoms with Crippen molar-refractivity contribution in [3.8, 4) is 0 Å². The molecule has 0 amide bonds. The second-order valence-electron chi connectivity index (χ2n) is 5.47. The largest absolute Gasteiger partial charge is 0.416 e. The minimum atomic E-state index is -4.26. The summed E-state index contributed by atoms with van der Waals surface area (Å²) in [5.74, 6) is 0. The van der Waals surface area contributed by atoms with Crippen LogP contribution in [-0.4, -0.2) is 13.6 Å². The van der Waals surface area contributed by atoms with Gasteiger partial charge in [-0.15, -0.1) is 0 Å². The molecule has 1 nitrogen and oxygen atoms in total. The summed E-state index contributed by atoms with van der Waals surface area (Å²) in [5, 5.41) is 3.14. The number of rotatable bonds is 6. The average Bonchev–Trinajstić information content (AvgIpc) is 2.28. The highest BCUT2D eigenvalue weighted by molar-refractivity contribution is 5.26. The number of hydrogen-bond acceptors (Lipinski definition) is 1. The maximum Gasteiger partial charge on any atom is 0.416 e. The van der Waals surface area contributed by atoms with Crippen LogP contribution in [-0.2, 0) is 12.6 Å². The molecule has 108 valence electrons.